The summed E-state index contributed by atoms with van der Waals surface area (Å²) in [6.45, 7) is 0.840. The van der Waals surface area contributed by atoms with Gasteiger partial charge in [0.15, 0.2) is 0 Å². The Bertz CT molecular complexity index is 474. The van der Waals surface area contributed by atoms with Gasteiger partial charge >= 0.3 is 0 Å². The second-order valence-electron chi connectivity index (χ2n) is 5.89. The molecule has 2 fully saturated rings. The van der Waals surface area contributed by atoms with E-state index in [1.807, 2.05) is 12.1 Å². The molecule has 4 nitrogen and oxygen atoms in total. The second kappa shape index (κ2) is 6.90. The average Bonchev–Trinajstić information content (AvgIpc) is 3.19. The fraction of sp³-hybridized carbons (Fsp3) is 0.688. The lowest BCUT2D eigenvalue weighted by atomic mass is 9.93. The van der Waals surface area contributed by atoms with E-state index < -0.39 is 0 Å². The lowest BCUT2D eigenvalue weighted by Gasteiger charge is -2.28. The van der Waals surface area contributed by atoms with Gasteiger partial charge in [0.25, 0.3) is 5.91 Å². The van der Waals surface area contributed by atoms with Gasteiger partial charge < -0.3 is 14.8 Å². The van der Waals surface area contributed by atoms with Gasteiger partial charge in [0.1, 0.15) is 0 Å². The van der Waals surface area contributed by atoms with Crippen LogP contribution < -0.4 is 5.32 Å². The number of amides is 1. The quantitative estimate of drug-likeness (QED) is 0.928. The summed E-state index contributed by atoms with van der Waals surface area (Å²) in [4.78, 5) is 14.3. The number of carbonyl (C=O) groups is 1. The highest BCUT2D eigenvalue weighted by molar-refractivity contribution is 7.14. The van der Waals surface area contributed by atoms with Crippen molar-refractivity contribution in [3.05, 3.63) is 21.9 Å². The Morgan fingerprint density at radius 1 is 1.29 bits per heavy atom. The number of rotatable bonds is 4. The van der Waals surface area contributed by atoms with Gasteiger partial charge in [-0.2, -0.15) is 0 Å². The third-order valence-corrected chi connectivity index (χ3v) is 5.62. The van der Waals surface area contributed by atoms with Crippen molar-refractivity contribution in [1.82, 2.24) is 5.32 Å². The molecule has 1 saturated carbocycles. The van der Waals surface area contributed by atoms with E-state index in [0.717, 1.165) is 50.0 Å². The molecule has 5 heteroatoms. The molecule has 1 atom stereocenters. The van der Waals surface area contributed by atoms with Crippen molar-refractivity contribution < 1.29 is 14.3 Å². The minimum absolute atomic E-state index is 0.0603. The zero-order valence-electron chi connectivity index (χ0n) is 12.5. The smallest absolute Gasteiger partial charge is 0.261 e. The fourth-order valence-electron chi connectivity index (χ4n) is 3.15. The summed E-state index contributed by atoms with van der Waals surface area (Å²) in [5.74, 6) is 0.0603. The fourth-order valence-corrected chi connectivity index (χ4v) is 4.14. The van der Waals surface area contributed by atoms with Crippen molar-refractivity contribution in [3.8, 4) is 0 Å². The summed E-state index contributed by atoms with van der Waals surface area (Å²) in [6.07, 6.45) is 6.84. The molecule has 1 saturated heterocycles. The highest BCUT2D eigenvalue weighted by Gasteiger charge is 2.24. The summed E-state index contributed by atoms with van der Waals surface area (Å²) < 4.78 is 11.0. The van der Waals surface area contributed by atoms with E-state index in [-0.39, 0.29) is 18.1 Å². The molecule has 2 heterocycles. The van der Waals surface area contributed by atoms with E-state index in [9.17, 15) is 4.79 Å². The number of methoxy groups -OCH3 is 1. The van der Waals surface area contributed by atoms with Crippen molar-refractivity contribution in [2.24, 2.45) is 0 Å². The van der Waals surface area contributed by atoms with E-state index in [0.29, 0.717) is 6.10 Å². The molecule has 1 aliphatic heterocycles. The van der Waals surface area contributed by atoms with Gasteiger partial charge in [0.2, 0.25) is 0 Å². The van der Waals surface area contributed by atoms with Crippen LogP contribution in [0.25, 0.3) is 0 Å². The molecule has 3 rings (SSSR count). The van der Waals surface area contributed by atoms with Crippen LogP contribution in [0.1, 0.15) is 59.2 Å². The van der Waals surface area contributed by atoms with Crippen LogP contribution in [0.15, 0.2) is 12.1 Å². The van der Waals surface area contributed by atoms with Crippen LogP contribution in [0, 0.1) is 0 Å². The van der Waals surface area contributed by atoms with Crippen molar-refractivity contribution in [2.45, 2.75) is 56.8 Å². The molecular weight excluding hydrogens is 286 g/mol. The van der Waals surface area contributed by atoms with Crippen LogP contribution in [-0.2, 0) is 9.47 Å². The molecule has 0 aromatic carbocycles. The van der Waals surface area contributed by atoms with Crippen molar-refractivity contribution in [3.63, 3.8) is 0 Å². The standard InChI is InChI=1S/C16H23NO3S/c1-19-12-6-4-11(5-7-12)17-16(18)15-9-8-14(21-15)13-3-2-10-20-13/h8-9,11-13H,2-7,10H2,1H3,(H,17,18). The largest absolute Gasteiger partial charge is 0.381 e. The summed E-state index contributed by atoms with van der Waals surface area (Å²) >= 11 is 1.57. The number of carbonyl (C=O) groups excluding carboxylic acids is 1. The maximum Gasteiger partial charge on any atom is 0.261 e. The molecule has 1 aliphatic carbocycles. The molecular formula is C16H23NO3S. The van der Waals surface area contributed by atoms with E-state index >= 15 is 0 Å². The lowest BCUT2D eigenvalue weighted by molar-refractivity contribution is 0.0600. The zero-order valence-corrected chi connectivity index (χ0v) is 13.3. The van der Waals surface area contributed by atoms with Gasteiger partial charge in [-0.25, -0.2) is 0 Å². The Morgan fingerprint density at radius 2 is 2.10 bits per heavy atom. The molecule has 0 spiro atoms. The first kappa shape index (κ1) is 15.0. The van der Waals surface area contributed by atoms with Crippen LogP contribution in [-0.4, -0.2) is 31.8 Å². The minimum Gasteiger partial charge on any atom is -0.381 e. The highest BCUT2D eigenvalue weighted by Crippen LogP contribution is 2.33. The van der Waals surface area contributed by atoms with Gasteiger partial charge in [-0.1, -0.05) is 0 Å². The maximum atomic E-state index is 12.3. The number of hydrogen-bond donors (Lipinski definition) is 1. The highest BCUT2D eigenvalue weighted by atomic mass is 32.1. The van der Waals surface area contributed by atoms with Crippen LogP contribution in [0.2, 0.25) is 0 Å². The lowest BCUT2D eigenvalue weighted by Crippen LogP contribution is -2.38. The van der Waals surface area contributed by atoms with Gasteiger partial charge in [-0.3, -0.25) is 4.79 Å². The Morgan fingerprint density at radius 3 is 2.76 bits per heavy atom. The van der Waals surface area contributed by atoms with Gasteiger partial charge in [-0.05, 0) is 50.7 Å². The molecule has 1 aromatic heterocycles. The van der Waals surface area contributed by atoms with Crippen LogP contribution in [0.5, 0.6) is 0 Å². The molecule has 21 heavy (non-hydrogen) atoms. The molecule has 1 unspecified atom stereocenters. The summed E-state index contributed by atoms with van der Waals surface area (Å²) in [5.41, 5.74) is 0. The average molecular weight is 309 g/mol. The summed E-state index contributed by atoms with van der Waals surface area (Å²) in [6, 6.07) is 4.26. The molecule has 0 bridgehead atoms. The van der Waals surface area contributed by atoms with Crippen molar-refractivity contribution in [2.75, 3.05) is 13.7 Å². The van der Waals surface area contributed by atoms with Crippen LogP contribution >= 0.6 is 11.3 Å². The minimum atomic E-state index is 0.0603. The van der Waals surface area contributed by atoms with Crippen molar-refractivity contribution >= 4 is 17.2 Å². The summed E-state index contributed by atoms with van der Waals surface area (Å²) in [7, 11) is 1.77. The normalized spacial score (nSPS) is 29.5. The first-order valence-electron chi connectivity index (χ1n) is 7.81. The van der Waals surface area contributed by atoms with E-state index in [1.165, 1.54) is 4.88 Å². The Kier molecular flexibility index (Phi) is 4.93. The topological polar surface area (TPSA) is 47.6 Å². The predicted molar refractivity (Wildman–Crippen MR) is 82.8 cm³/mol. The Hall–Kier alpha value is -0.910. The van der Waals surface area contributed by atoms with Gasteiger partial charge in [0, 0.05) is 24.6 Å². The van der Waals surface area contributed by atoms with Crippen molar-refractivity contribution in [1.29, 1.82) is 0 Å². The first-order valence-corrected chi connectivity index (χ1v) is 8.63. The Labute approximate surface area is 129 Å². The molecule has 1 aromatic rings. The van der Waals surface area contributed by atoms with Crippen LogP contribution in [0.3, 0.4) is 0 Å². The zero-order chi connectivity index (χ0) is 14.7. The third-order valence-electron chi connectivity index (χ3n) is 4.44. The molecule has 116 valence electrons. The number of thiophene rings is 1. The molecule has 0 radical (unpaired) electrons. The maximum absolute atomic E-state index is 12.3. The molecule has 1 amide bonds. The number of ether oxygens (including phenoxy) is 2. The van der Waals surface area contributed by atoms with Gasteiger partial charge in [-0.15, -0.1) is 11.3 Å². The molecule has 1 N–H and O–H groups in total. The van der Waals surface area contributed by atoms with Gasteiger partial charge in [0.05, 0.1) is 17.1 Å². The van der Waals surface area contributed by atoms with E-state index in [2.05, 4.69) is 5.32 Å². The molecule has 2 aliphatic rings. The summed E-state index contributed by atoms with van der Waals surface area (Å²) in [5, 5.41) is 3.16. The SMILES string of the molecule is COC1CCC(NC(=O)c2ccc(C3CCCO3)s2)CC1. The van der Waals surface area contributed by atoms with Crippen LogP contribution in [0.4, 0.5) is 0 Å². The van der Waals surface area contributed by atoms with E-state index in [4.69, 9.17) is 9.47 Å². The Balaban J connectivity index is 1.53. The predicted octanol–water partition coefficient (Wildman–Crippen LogP) is 3.29. The third kappa shape index (κ3) is 3.65. The monoisotopic (exact) mass is 309 g/mol. The first-order chi connectivity index (χ1) is 10.3. The number of hydrogen-bond acceptors (Lipinski definition) is 4. The van der Waals surface area contributed by atoms with E-state index in [1.54, 1.807) is 18.4 Å². The second-order valence-corrected chi connectivity index (χ2v) is 7.00. The number of nitrogens with one attached hydrogen (secondary N) is 1.